The highest BCUT2D eigenvalue weighted by molar-refractivity contribution is 14.1. The van der Waals surface area contributed by atoms with Crippen molar-refractivity contribution in [2.45, 2.75) is 77.4 Å². The van der Waals surface area contributed by atoms with Crippen LogP contribution in [0.3, 0.4) is 0 Å². The van der Waals surface area contributed by atoms with Gasteiger partial charge in [0, 0.05) is 30.6 Å². The van der Waals surface area contributed by atoms with Gasteiger partial charge in [0.2, 0.25) is 11.8 Å². The maximum atomic E-state index is 13.9. The summed E-state index contributed by atoms with van der Waals surface area (Å²) in [6.45, 7) is 6.57. The predicted molar refractivity (Wildman–Crippen MR) is 167 cm³/mol. The van der Waals surface area contributed by atoms with Crippen LogP contribution < -0.4 is 10.1 Å². The first kappa shape index (κ1) is 32.5. The van der Waals surface area contributed by atoms with Gasteiger partial charge in [0.25, 0.3) is 0 Å². The molecule has 1 aromatic heterocycles. The molecule has 0 spiro atoms. The largest absolute Gasteiger partial charge is 0.482 e. The molecule has 2 amide bonds. The molecule has 1 saturated carbocycles. The van der Waals surface area contributed by atoms with Gasteiger partial charge in [0.05, 0.1) is 34.8 Å². The third kappa shape index (κ3) is 8.36. The van der Waals surface area contributed by atoms with Crippen LogP contribution in [-0.2, 0) is 20.9 Å². The Hall–Kier alpha value is -2.41. The lowest BCUT2D eigenvalue weighted by Gasteiger charge is -2.41. The fraction of sp³-hybridized carbons (Fsp3) is 0.562. The van der Waals surface area contributed by atoms with E-state index in [2.05, 4.69) is 48.7 Å². The van der Waals surface area contributed by atoms with Crippen molar-refractivity contribution in [2.75, 3.05) is 19.8 Å². The van der Waals surface area contributed by atoms with E-state index in [4.69, 9.17) is 13.9 Å². The number of hydrogen-bond acceptors (Lipinski definition) is 7. The van der Waals surface area contributed by atoms with Crippen LogP contribution in [0.5, 0.6) is 5.75 Å². The van der Waals surface area contributed by atoms with Gasteiger partial charge >= 0.3 is 0 Å². The molecule has 0 saturated heterocycles. The molecule has 1 aromatic carbocycles. The number of para-hydroxylation sites is 1. The fourth-order valence-corrected chi connectivity index (χ4v) is 6.52. The molecule has 0 radical (unpaired) electrons. The molecular formula is C32H43IN2O7. The number of ether oxygens (including phenoxy) is 2. The minimum absolute atomic E-state index is 0.0132. The molecule has 6 atom stereocenters. The Morgan fingerprint density at radius 2 is 2.00 bits per heavy atom. The van der Waals surface area contributed by atoms with Gasteiger partial charge in [-0.15, -0.1) is 0 Å². The Morgan fingerprint density at radius 1 is 1.21 bits per heavy atom. The van der Waals surface area contributed by atoms with Gasteiger partial charge in [-0.05, 0) is 77.5 Å². The SMILES string of the molecule is CC(C)[C@H]1CC[C@H](C)C[C@@H]1OCC(=O)N(Cc1ccoc1)[C@@H]1CC(C(=O)NCCO)=C[C@H](Oc2ccccc2I)[C@H]1O. The standard InChI is InChI=1S/C32H43IN2O7/c1-20(2)24-9-8-21(3)14-28(24)41-19-30(37)35(17-22-10-13-40-18-22)26-15-23(32(39)34-11-12-36)16-29(31(26)38)42-27-7-5-4-6-25(27)33/h4-7,10,13,16,18,20-21,24,26,28-29,31,36,38H,8-9,11-12,14-15,17,19H2,1-3H3,(H,34,39)/t21-,24+,26+,28-,29-,31-/m0/s1. The summed E-state index contributed by atoms with van der Waals surface area (Å²) in [7, 11) is 0. The maximum absolute atomic E-state index is 13.9. The highest BCUT2D eigenvalue weighted by Gasteiger charge is 2.41. The quantitative estimate of drug-likeness (QED) is 0.284. The number of carbonyl (C=O) groups excluding carboxylic acids is 2. The molecule has 4 rings (SSSR count). The highest BCUT2D eigenvalue weighted by atomic mass is 127. The number of halogens is 1. The summed E-state index contributed by atoms with van der Waals surface area (Å²) >= 11 is 2.16. The van der Waals surface area contributed by atoms with Gasteiger partial charge in [-0.3, -0.25) is 9.59 Å². The van der Waals surface area contributed by atoms with E-state index in [0.717, 1.165) is 28.4 Å². The van der Waals surface area contributed by atoms with Gasteiger partial charge in [0.15, 0.2) is 0 Å². The number of nitrogens with zero attached hydrogens (tertiary/aromatic N) is 1. The number of aliphatic hydroxyl groups excluding tert-OH is 2. The lowest BCUT2D eigenvalue weighted by Crippen LogP contribution is -2.55. The third-order valence-electron chi connectivity index (χ3n) is 8.35. The summed E-state index contributed by atoms with van der Waals surface area (Å²) in [6, 6.07) is 8.43. The molecule has 3 N–H and O–H groups in total. The number of furan rings is 1. The van der Waals surface area contributed by atoms with Crippen molar-refractivity contribution < 1.29 is 33.7 Å². The third-order valence-corrected chi connectivity index (χ3v) is 9.24. The second kappa shape index (κ2) is 15.4. The minimum atomic E-state index is -1.12. The monoisotopic (exact) mass is 694 g/mol. The lowest BCUT2D eigenvalue weighted by molar-refractivity contribution is -0.149. The fourth-order valence-electron chi connectivity index (χ4n) is 6.00. The Labute approximate surface area is 261 Å². The number of rotatable bonds is 12. The summed E-state index contributed by atoms with van der Waals surface area (Å²) in [6.07, 6.45) is 5.96. The molecule has 1 heterocycles. The normalized spacial score (nSPS) is 26.0. The summed E-state index contributed by atoms with van der Waals surface area (Å²) in [5, 5.41) is 23.6. The highest BCUT2D eigenvalue weighted by Crippen LogP contribution is 2.36. The average Bonchev–Trinajstić information content (AvgIpc) is 3.49. The van der Waals surface area contributed by atoms with E-state index < -0.39 is 18.2 Å². The Morgan fingerprint density at radius 3 is 2.69 bits per heavy atom. The van der Waals surface area contributed by atoms with Crippen LogP contribution >= 0.6 is 22.6 Å². The van der Waals surface area contributed by atoms with Crippen molar-refractivity contribution in [3.05, 3.63) is 63.6 Å². The molecule has 1 fully saturated rings. The van der Waals surface area contributed by atoms with Crippen LogP contribution in [0.1, 0.15) is 52.0 Å². The van der Waals surface area contributed by atoms with Crippen LogP contribution in [-0.4, -0.2) is 71.0 Å². The number of nitrogens with one attached hydrogen (secondary N) is 1. The molecule has 9 nitrogen and oxygen atoms in total. The van der Waals surface area contributed by atoms with Gasteiger partial charge in [-0.2, -0.15) is 0 Å². The van der Waals surface area contributed by atoms with E-state index in [1.54, 1.807) is 35.6 Å². The van der Waals surface area contributed by atoms with Crippen LogP contribution in [0.25, 0.3) is 0 Å². The molecule has 2 aliphatic rings. The van der Waals surface area contributed by atoms with Crippen LogP contribution in [0, 0.1) is 21.3 Å². The van der Waals surface area contributed by atoms with E-state index >= 15 is 0 Å². The smallest absolute Gasteiger partial charge is 0.249 e. The molecule has 0 aliphatic heterocycles. The van der Waals surface area contributed by atoms with Gasteiger partial charge < -0.3 is 34.3 Å². The van der Waals surface area contributed by atoms with Crippen LogP contribution in [0.2, 0.25) is 0 Å². The maximum Gasteiger partial charge on any atom is 0.249 e. The van der Waals surface area contributed by atoms with Gasteiger partial charge in [-0.1, -0.05) is 39.3 Å². The van der Waals surface area contributed by atoms with Gasteiger partial charge in [0.1, 0.15) is 24.6 Å². The predicted octanol–water partition coefficient (Wildman–Crippen LogP) is 4.31. The Bertz CT molecular complexity index is 1200. The second-order valence-corrected chi connectivity index (χ2v) is 12.9. The minimum Gasteiger partial charge on any atom is -0.482 e. The van der Waals surface area contributed by atoms with Crippen molar-refractivity contribution in [1.82, 2.24) is 10.2 Å². The molecular weight excluding hydrogens is 651 g/mol. The summed E-state index contributed by atoms with van der Waals surface area (Å²) in [5.74, 6) is 1.28. The van der Waals surface area contributed by atoms with Gasteiger partial charge in [-0.25, -0.2) is 0 Å². The molecule has 0 bridgehead atoms. The van der Waals surface area contributed by atoms with E-state index in [-0.39, 0.29) is 50.6 Å². The first-order valence-electron chi connectivity index (χ1n) is 14.8. The number of aliphatic hydroxyl groups is 2. The zero-order chi connectivity index (χ0) is 30.2. The number of amides is 2. The molecule has 0 unspecified atom stereocenters. The number of carbonyl (C=O) groups is 2. The second-order valence-electron chi connectivity index (χ2n) is 11.8. The number of hydrogen-bond donors (Lipinski definition) is 3. The Balaban J connectivity index is 1.60. The summed E-state index contributed by atoms with van der Waals surface area (Å²) in [4.78, 5) is 28.6. The van der Waals surface area contributed by atoms with Crippen LogP contribution in [0.15, 0.2) is 58.9 Å². The van der Waals surface area contributed by atoms with E-state index in [1.807, 2.05) is 18.2 Å². The summed E-state index contributed by atoms with van der Waals surface area (Å²) in [5.41, 5.74) is 1.14. The molecule has 42 heavy (non-hydrogen) atoms. The summed E-state index contributed by atoms with van der Waals surface area (Å²) < 4.78 is 18.7. The first-order chi connectivity index (χ1) is 20.2. The average molecular weight is 695 g/mol. The van der Waals surface area contributed by atoms with Crippen molar-refractivity contribution in [1.29, 1.82) is 0 Å². The molecule has 2 aliphatic carbocycles. The van der Waals surface area contributed by atoms with Crippen LogP contribution in [0.4, 0.5) is 0 Å². The van der Waals surface area contributed by atoms with Crippen molar-refractivity contribution >= 4 is 34.4 Å². The van der Waals surface area contributed by atoms with E-state index in [0.29, 0.717) is 29.1 Å². The lowest BCUT2D eigenvalue weighted by atomic mass is 9.75. The molecule has 230 valence electrons. The first-order valence-corrected chi connectivity index (χ1v) is 15.9. The zero-order valence-electron chi connectivity index (χ0n) is 24.6. The van der Waals surface area contributed by atoms with Crippen molar-refractivity contribution in [2.24, 2.45) is 17.8 Å². The van der Waals surface area contributed by atoms with Crippen molar-refractivity contribution in [3.63, 3.8) is 0 Å². The zero-order valence-corrected chi connectivity index (χ0v) is 26.7. The van der Waals surface area contributed by atoms with Crippen molar-refractivity contribution in [3.8, 4) is 5.75 Å². The van der Waals surface area contributed by atoms with E-state index in [1.165, 1.54) is 0 Å². The molecule has 10 heteroatoms. The molecule has 2 aromatic rings. The van der Waals surface area contributed by atoms with E-state index in [9.17, 15) is 19.8 Å². The topological polar surface area (TPSA) is 121 Å². The Kier molecular flexibility index (Phi) is 11.9. The number of benzene rings is 1.